The SMILES string of the molecule is CCN1CCN(C(=O)Cc2ccccc2OC)[C@@H](Cc2cccc(-c3ccncc3)c2)C1=O. The number of aromatic nitrogens is 1. The third-order valence-electron chi connectivity index (χ3n) is 6.19. The monoisotopic (exact) mass is 443 g/mol. The van der Waals surface area contributed by atoms with E-state index in [4.69, 9.17) is 4.74 Å². The zero-order valence-corrected chi connectivity index (χ0v) is 19.1. The summed E-state index contributed by atoms with van der Waals surface area (Å²) in [6.07, 6.45) is 4.22. The minimum Gasteiger partial charge on any atom is -0.496 e. The zero-order chi connectivity index (χ0) is 23.2. The molecule has 1 atom stereocenters. The molecule has 1 aliphatic rings. The highest BCUT2D eigenvalue weighted by Crippen LogP contribution is 2.24. The second-order valence-electron chi connectivity index (χ2n) is 8.15. The van der Waals surface area contributed by atoms with Crippen LogP contribution in [0.3, 0.4) is 0 Å². The van der Waals surface area contributed by atoms with Gasteiger partial charge in [0.05, 0.1) is 13.5 Å². The average molecular weight is 444 g/mol. The number of hydrogen-bond donors (Lipinski definition) is 0. The van der Waals surface area contributed by atoms with Gasteiger partial charge in [-0.25, -0.2) is 0 Å². The average Bonchev–Trinajstić information content (AvgIpc) is 2.86. The van der Waals surface area contributed by atoms with E-state index in [2.05, 4.69) is 11.1 Å². The lowest BCUT2D eigenvalue weighted by Crippen LogP contribution is -2.59. The Labute approximate surface area is 194 Å². The first-order valence-electron chi connectivity index (χ1n) is 11.3. The quantitative estimate of drug-likeness (QED) is 0.560. The summed E-state index contributed by atoms with van der Waals surface area (Å²) in [4.78, 5) is 34.3. The van der Waals surface area contributed by atoms with E-state index >= 15 is 0 Å². The van der Waals surface area contributed by atoms with E-state index < -0.39 is 6.04 Å². The minimum absolute atomic E-state index is 0.00596. The molecule has 0 bridgehead atoms. The van der Waals surface area contributed by atoms with Crippen molar-refractivity contribution >= 4 is 11.8 Å². The van der Waals surface area contributed by atoms with Crippen LogP contribution in [0.5, 0.6) is 5.75 Å². The van der Waals surface area contributed by atoms with Crippen molar-refractivity contribution in [3.63, 3.8) is 0 Å². The fourth-order valence-corrected chi connectivity index (χ4v) is 4.41. The highest BCUT2D eigenvalue weighted by atomic mass is 16.5. The van der Waals surface area contributed by atoms with Gasteiger partial charge in [-0.15, -0.1) is 0 Å². The number of ether oxygens (including phenoxy) is 1. The lowest BCUT2D eigenvalue weighted by molar-refractivity contribution is -0.150. The fraction of sp³-hybridized carbons (Fsp3) is 0.296. The minimum atomic E-state index is -0.520. The molecule has 2 aromatic carbocycles. The Morgan fingerprint density at radius 2 is 1.82 bits per heavy atom. The van der Waals surface area contributed by atoms with E-state index in [1.165, 1.54) is 0 Å². The number of piperazine rings is 1. The second-order valence-corrected chi connectivity index (χ2v) is 8.15. The predicted octanol–water partition coefficient (Wildman–Crippen LogP) is 3.60. The third kappa shape index (κ3) is 5.06. The van der Waals surface area contributed by atoms with E-state index in [-0.39, 0.29) is 18.2 Å². The van der Waals surface area contributed by atoms with E-state index in [0.29, 0.717) is 31.8 Å². The summed E-state index contributed by atoms with van der Waals surface area (Å²) in [5.41, 5.74) is 3.99. The molecule has 1 saturated heterocycles. The Kier molecular flexibility index (Phi) is 7.03. The molecule has 1 aromatic heterocycles. The van der Waals surface area contributed by atoms with Gasteiger partial charge in [0, 0.05) is 44.0 Å². The number of benzene rings is 2. The number of carbonyl (C=O) groups excluding carboxylic acids is 2. The molecule has 1 aliphatic heterocycles. The second kappa shape index (κ2) is 10.3. The standard InChI is InChI=1S/C27H29N3O3/c1-3-29-15-16-30(26(31)19-23-8-4-5-10-25(23)33-2)24(27(29)32)18-20-7-6-9-22(17-20)21-11-13-28-14-12-21/h4-14,17,24H,3,15-16,18-19H2,1-2H3/t24-/m0/s1. The maximum Gasteiger partial charge on any atom is 0.245 e. The number of nitrogens with zero attached hydrogens (tertiary/aromatic N) is 3. The molecule has 2 heterocycles. The Morgan fingerprint density at radius 3 is 2.58 bits per heavy atom. The first-order valence-corrected chi connectivity index (χ1v) is 11.3. The van der Waals surface area contributed by atoms with Gasteiger partial charge >= 0.3 is 0 Å². The van der Waals surface area contributed by atoms with Gasteiger partial charge in [0.1, 0.15) is 11.8 Å². The van der Waals surface area contributed by atoms with E-state index in [1.807, 2.05) is 66.4 Å². The zero-order valence-electron chi connectivity index (χ0n) is 19.1. The van der Waals surface area contributed by atoms with E-state index in [1.54, 1.807) is 24.4 Å². The first kappa shape index (κ1) is 22.5. The molecule has 6 nitrogen and oxygen atoms in total. The third-order valence-corrected chi connectivity index (χ3v) is 6.19. The van der Waals surface area contributed by atoms with Crippen LogP contribution in [0, 0.1) is 0 Å². The Balaban J connectivity index is 1.59. The first-order chi connectivity index (χ1) is 16.1. The number of para-hydroxylation sites is 1. The van der Waals surface area contributed by atoms with Crippen LogP contribution in [0.4, 0.5) is 0 Å². The summed E-state index contributed by atoms with van der Waals surface area (Å²) in [6, 6.07) is 19.1. The van der Waals surface area contributed by atoms with Crippen molar-refractivity contribution in [2.24, 2.45) is 0 Å². The summed E-state index contributed by atoms with van der Waals surface area (Å²) >= 11 is 0. The van der Waals surface area contributed by atoms with Crippen LogP contribution >= 0.6 is 0 Å². The van der Waals surface area contributed by atoms with Gasteiger partial charge in [-0.05, 0) is 41.8 Å². The van der Waals surface area contributed by atoms with Crippen molar-refractivity contribution in [1.82, 2.24) is 14.8 Å². The van der Waals surface area contributed by atoms with Gasteiger partial charge in [-0.3, -0.25) is 14.6 Å². The van der Waals surface area contributed by atoms with Gasteiger partial charge < -0.3 is 14.5 Å². The molecule has 0 N–H and O–H groups in total. The van der Waals surface area contributed by atoms with Crippen molar-refractivity contribution in [3.05, 3.63) is 84.2 Å². The summed E-state index contributed by atoms with van der Waals surface area (Å²) in [5, 5.41) is 0. The van der Waals surface area contributed by atoms with Crippen molar-refractivity contribution in [2.75, 3.05) is 26.7 Å². The number of likely N-dealkylation sites (N-methyl/N-ethyl adjacent to an activating group) is 1. The Hall–Kier alpha value is -3.67. The molecule has 0 saturated carbocycles. The van der Waals surface area contributed by atoms with Crippen LogP contribution in [-0.2, 0) is 22.4 Å². The van der Waals surface area contributed by atoms with Crippen LogP contribution in [-0.4, -0.2) is 59.4 Å². The summed E-state index contributed by atoms with van der Waals surface area (Å²) in [6.45, 7) is 3.70. The van der Waals surface area contributed by atoms with Crippen LogP contribution in [0.25, 0.3) is 11.1 Å². The van der Waals surface area contributed by atoms with Crippen molar-refractivity contribution in [3.8, 4) is 16.9 Å². The lowest BCUT2D eigenvalue weighted by Gasteiger charge is -2.40. The summed E-state index contributed by atoms with van der Waals surface area (Å²) < 4.78 is 5.42. The molecule has 170 valence electrons. The topological polar surface area (TPSA) is 62.7 Å². The molecular formula is C27H29N3O3. The number of pyridine rings is 1. The molecule has 4 rings (SSSR count). The number of hydrogen-bond acceptors (Lipinski definition) is 4. The number of amides is 2. The van der Waals surface area contributed by atoms with Crippen molar-refractivity contribution in [2.45, 2.75) is 25.8 Å². The highest BCUT2D eigenvalue weighted by Gasteiger charge is 2.36. The van der Waals surface area contributed by atoms with Gasteiger partial charge in [-0.1, -0.05) is 42.5 Å². The molecule has 1 fully saturated rings. The normalized spacial score (nSPS) is 16.1. The summed E-state index contributed by atoms with van der Waals surface area (Å²) in [7, 11) is 1.60. The van der Waals surface area contributed by atoms with Gasteiger partial charge in [0.25, 0.3) is 0 Å². The molecule has 0 spiro atoms. The molecule has 0 aliphatic carbocycles. The maximum atomic E-state index is 13.4. The maximum absolute atomic E-state index is 13.4. The largest absolute Gasteiger partial charge is 0.496 e. The highest BCUT2D eigenvalue weighted by molar-refractivity contribution is 5.90. The van der Waals surface area contributed by atoms with Gasteiger partial charge in [-0.2, -0.15) is 0 Å². The smallest absolute Gasteiger partial charge is 0.245 e. The Morgan fingerprint density at radius 1 is 1.03 bits per heavy atom. The molecule has 2 amide bonds. The molecule has 3 aromatic rings. The van der Waals surface area contributed by atoms with Crippen molar-refractivity contribution in [1.29, 1.82) is 0 Å². The molecular weight excluding hydrogens is 414 g/mol. The van der Waals surface area contributed by atoms with E-state index in [9.17, 15) is 9.59 Å². The molecule has 0 unspecified atom stereocenters. The number of methoxy groups -OCH3 is 1. The van der Waals surface area contributed by atoms with Crippen LogP contribution in [0.15, 0.2) is 73.1 Å². The van der Waals surface area contributed by atoms with Crippen LogP contribution < -0.4 is 4.74 Å². The van der Waals surface area contributed by atoms with Gasteiger partial charge in [0.2, 0.25) is 11.8 Å². The lowest BCUT2D eigenvalue weighted by atomic mass is 9.97. The predicted molar refractivity (Wildman–Crippen MR) is 128 cm³/mol. The Bertz CT molecular complexity index is 1120. The fourth-order valence-electron chi connectivity index (χ4n) is 4.41. The molecule has 6 heteroatoms. The molecule has 33 heavy (non-hydrogen) atoms. The van der Waals surface area contributed by atoms with Crippen LogP contribution in [0.1, 0.15) is 18.1 Å². The number of carbonyl (C=O) groups is 2. The summed E-state index contributed by atoms with van der Waals surface area (Å²) in [5.74, 6) is 0.635. The molecule has 0 radical (unpaired) electrons. The van der Waals surface area contributed by atoms with E-state index in [0.717, 1.165) is 22.3 Å². The number of rotatable bonds is 7. The van der Waals surface area contributed by atoms with Crippen molar-refractivity contribution < 1.29 is 14.3 Å². The van der Waals surface area contributed by atoms with Crippen LogP contribution in [0.2, 0.25) is 0 Å². The van der Waals surface area contributed by atoms with Gasteiger partial charge in [0.15, 0.2) is 0 Å².